The van der Waals surface area contributed by atoms with E-state index in [-0.39, 0.29) is 7.92 Å². The summed E-state index contributed by atoms with van der Waals surface area (Å²) in [5, 5.41) is 0. The van der Waals surface area contributed by atoms with Crippen LogP contribution in [0, 0.1) is 65.1 Å². The van der Waals surface area contributed by atoms with Gasteiger partial charge in [-0.2, -0.15) is 0 Å². The number of hydrogen-bond acceptors (Lipinski definition) is 0. The van der Waals surface area contributed by atoms with E-state index in [0.717, 1.165) is 41.4 Å². The van der Waals surface area contributed by atoms with Crippen LogP contribution in [0.25, 0.3) is 0 Å². The summed E-state index contributed by atoms with van der Waals surface area (Å²) in [6.45, 7) is 5.13. The third kappa shape index (κ3) is 3.23. The average Bonchev–Trinajstić information content (AvgIpc) is 2.69. The second kappa shape index (κ2) is 7.47. The highest BCUT2D eigenvalue weighted by atomic mass is 31.1. The summed E-state index contributed by atoms with van der Waals surface area (Å²) >= 11 is 0. The molecule has 9 aliphatic rings. The van der Waals surface area contributed by atoms with E-state index >= 15 is 0 Å². The van der Waals surface area contributed by atoms with E-state index in [2.05, 4.69) is 13.8 Å². The molecule has 0 nitrogen and oxygen atoms in total. The molecule has 3 unspecified atom stereocenters. The minimum atomic E-state index is 0.283. The largest absolute Gasteiger partial charge is 0.0989 e. The van der Waals surface area contributed by atoms with Crippen LogP contribution in [0.1, 0.15) is 97.3 Å². The Kier molecular flexibility index (Phi) is 4.95. The lowest BCUT2D eigenvalue weighted by Crippen LogP contribution is -2.53. The molecule has 8 bridgehead atoms. The molecule has 30 heavy (non-hydrogen) atoms. The van der Waals surface area contributed by atoms with Crippen LogP contribution in [0.2, 0.25) is 0 Å². The van der Waals surface area contributed by atoms with Crippen molar-refractivity contribution in [1.29, 1.82) is 0 Å². The van der Waals surface area contributed by atoms with Gasteiger partial charge in [0.25, 0.3) is 0 Å². The molecule has 168 valence electrons. The molecule has 0 aromatic rings. The molecule has 0 N–H and O–H groups in total. The van der Waals surface area contributed by atoms with Gasteiger partial charge in [-0.05, 0) is 160 Å². The number of hydrogen-bond donors (Lipinski definition) is 0. The predicted octanol–water partition coefficient (Wildman–Crippen LogP) is 8.19. The van der Waals surface area contributed by atoms with Crippen LogP contribution in [0.15, 0.2) is 0 Å². The second-order valence-electron chi connectivity index (χ2n) is 14.2. The molecule has 3 atom stereocenters. The summed E-state index contributed by atoms with van der Waals surface area (Å²) < 4.78 is 0. The molecule has 0 heterocycles. The lowest BCUT2D eigenvalue weighted by Gasteiger charge is -2.62. The molecule has 0 spiro atoms. The van der Waals surface area contributed by atoms with Crippen molar-refractivity contribution in [2.24, 2.45) is 65.1 Å². The molecule has 0 aromatic heterocycles. The Bertz CT molecular complexity index is 555. The van der Waals surface area contributed by atoms with E-state index in [1.165, 1.54) is 35.0 Å². The first-order chi connectivity index (χ1) is 14.6. The molecule has 1 heteroatoms. The van der Waals surface area contributed by atoms with Crippen molar-refractivity contribution in [2.75, 3.05) is 6.16 Å². The monoisotopic (exact) mass is 426 g/mol. The summed E-state index contributed by atoms with van der Waals surface area (Å²) in [7, 11) is 0.283. The maximum Gasteiger partial charge on any atom is -0.0149 e. The Morgan fingerprint density at radius 2 is 0.933 bits per heavy atom. The standard InChI is InChI=1S/C29H47P/c1-17-3-4-19(5-18(17)2)16-30(28-24-8-20-6-21(10-24)11-25(28)9-20)29-26-12-22-7-23(14-26)15-27(29)13-22/h17-29H,3-16H2,1-2H3. The molecule has 9 rings (SSSR count). The smallest absolute Gasteiger partial charge is 0.0149 e. The van der Waals surface area contributed by atoms with Crippen molar-refractivity contribution in [3.8, 4) is 0 Å². The molecular weight excluding hydrogens is 379 g/mol. The maximum absolute atomic E-state index is 2.59. The van der Waals surface area contributed by atoms with Gasteiger partial charge in [0.15, 0.2) is 0 Å². The minimum absolute atomic E-state index is 0.283. The van der Waals surface area contributed by atoms with E-state index in [9.17, 15) is 0 Å². The van der Waals surface area contributed by atoms with Crippen LogP contribution in [0.5, 0.6) is 0 Å². The van der Waals surface area contributed by atoms with E-state index in [0.29, 0.717) is 0 Å². The molecule has 9 fully saturated rings. The normalized spacial score (nSPS) is 59.6. The zero-order chi connectivity index (χ0) is 20.0. The highest BCUT2D eigenvalue weighted by Gasteiger charge is 2.56. The van der Waals surface area contributed by atoms with Crippen molar-refractivity contribution < 1.29 is 0 Å². The summed E-state index contributed by atoms with van der Waals surface area (Å²) in [5.41, 5.74) is 2.45. The van der Waals surface area contributed by atoms with Gasteiger partial charge < -0.3 is 0 Å². The zero-order valence-electron chi connectivity index (χ0n) is 19.9. The summed E-state index contributed by atoms with van der Waals surface area (Å²) in [4.78, 5) is 0. The first kappa shape index (κ1) is 19.9. The van der Waals surface area contributed by atoms with Crippen LogP contribution >= 0.6 is 7.92 Å². The Hall–Kier alpha value is 0.430. The van der Waals surface area contributed by atoms with Crippen LogP contribution < -0.4 is 0 Å². The topological polar surface area (TPSA) is 0 Å². The fourth-order valence-corrected chi connectivity index (χ4v) is 16.4. The third-order valence-corrected chi connectivity index (χ3v) is 16.5. The van der Waals surface area contributed by atoms with E-state index in [1.54, 1.807) is 89.6 Å². The Morgan fingerprint density at radius 1 is 0.500 bits per heavy atom. The zero-order valence-corrected chi connectivity index (χ0v) is 20.7. The van der Waals surface area contributed by atoms with E-state index in [4.69, 9.17) is 0 Å². The van der Waals surface area contributed by atoms with Gasteiger partial charge in [0.05, 0.1) is 0 Å². The van der Waals surface area contributed by atoms with Gasteiger partial charge >= 0.3 is 0 Å². The average molecular weight is 427 g/mol. The first-order valence-electron chi connectivity index (χ1n) is 14.4. The first-order valence-corrected chi connectivity index (χ1v) is 16.0. The fourth-order valence-electron chi connectivity index (χ4n) is 11.4. The molecule has 9 saturated carbocycles. The third-order valence-electron chi connectivity index (χ3n) is 12.3. The quantitative estimate of drug-likeness (QED) is 0.397. The lowest BCUT2D eigenvalue weighted by molar-refractivity contribution is 0.0126. The highest BCUT2D eigenvalue weighted by Crippen LogP contribution is 2.71. The number of rotatable bonds is 4. The fraction of sp³-hybridized carbons (Fsp3) is 1.00. The van der Waals surface area contributed by atoms with Gasteiger partial charge in [-0.15, -0.1) is 0 Å². The van der Waals surface area contributed by atoms with Gasteiger partial charge in [-0.3, -0.25) is 0 Å². The minimum Gasteiger partial charge on any atom is -0.0989 e. The Balaban J connectivity index is 1.19. The van der Waals surface area contributed by atoms with Gasteiger partial charge in [0.2, 0.25) is 0 Å². The van der Waals surface area contributed by atoms with Crippen LogP contribution in [0.4, 0.5) is 0 Å². The summed E-state index contributed by atoms with van der Waals surface area (Å²) in [5.74, 6) is 12.5. The van der Waals surface area contributed by atoms with Crippen LogP contribution in [0.3, 0.4) is 0 Å². The molecule has 0 aliphatic heterocycles. The molecule has 0 amide bonds. The molecule has 0 saturated heterocycles. The molecule has 0 radical (unpaired) electrons. The van der Waals surface area contributed by atoms with Crippen molar-refractivity contribution in [3.05, 3.63) is 0 Å². The highest BCUT2D eigenvalue weighted by molar-refractivity contribution is 7.59. The van der Waals surface area contributed by atoms with Crippen molar-refractivity contribution in [2.45, 2.75) is 109 Å². The lowest BCUT2D eigenvalue weighted by atomic mass is 9.55. The molecular formula is C29H47P. The summed E-state index contributed by atoms with van der Waals surface area (Å²) in [6.07, 6.45) is 23.1. The van der Waals surface area contributed by atoms with Gasteiger partial charge in [0.1, 0.15) is 0 Å². The van der Waals surface area contributed by atoms with Gasteiger partial charge in [-0.1, -0.05) is 28.2 Å². The van der Waals surface area contributed by atoms with Gasteiger partial charge in [0, 0.05) is 0 Å². The van der Waals surface area contributed by atoms with Crippen molar-refractivity contribution >= 4 is 7.92 Å². The molecule has 0 aromatic carbocycles. The Morgan fingerprint density at radius 3 is 1.33 bits per heavy atom. The summed E-state index contributed by atoms with van der Waals surface area (Å²) in [6, 6.07) is 0. The van der Waals surface area contributed by atoms with E-state index < -0.39 is 0 Å². The SMILES string of the molecule is CC1CCC(CP(C2C3CC4CC(C3)CC2C4)C2C3CC4CC(C3)CC2C4)CC1C. The van der Waals surface area contributed by atoms with Gasteiger partial charge in [-0.25, -0.2) is 0 Å². The molecule has 9 aliphatic carbocycles. The second-order valence-corrected chi connectivity index (χ2v) is 16.8. The maximum atomic E-state index is 2.59. The van der Waals surface area contributed by atoms with Crippen molar-refractivity contribution in [1.82, 2.24) is 0 Å². The van der Waals surface area contributed by atoms with Crippen LogP contribution in [-0.4, -0.2) is 17.5 Å². The Labute approximate surface area is 187 Å². The van der Waals surface area contributed by atoms with Crippen LogP contribution in [-0.2, 0) is 0 Å². The van der Waals surface area contributed by atoms with E-state index in [1.807, 2.05) is 0 Å². The predicted molar refractivity (Wildman–Crippen MR) is 129 cm³/mol. The van der Waals surface area contributed by atoms with Crippen molar-refractivity contribution in [3.63, 3.8) is 0 Å².